The number of Topliss-reactive ketones (excluding diaryl/α,β-unsaturated/α-hetero) is 2. The van der Waals surface area contributed by atoms with E-state index in [-0.39, 0.29) is 0 Å². The summed E-state index contributed by atoms with van der Waals surface area (Å²) in [6.07, 6.45) is 1.03. The average molecular weight is 343 g/mol. The fourth-order valence-corrected chi connectivity index (χ4v) is 2.26. The summed E-state index contributed by atoms with van der Waals surface area (Å²) in [4.78, 5) is 24.7. The SMILES string of the molecule is COc1ccc(C(=O)[CH]C(=O)c2ccc(OC)c(OC)c2)cc1OC. The highest BCUT2D eigenvalue weighted by Crippen LogP contribution is 2.29. The van der Waals surface area contributed by atoms with Gasteiger partial charge in [-0.15, -0.1) is 0 Å². The van der Waals surface area contributed by atoms with E-state index >= 15 is 0 Å². The largest absolute Gasteiger partial charge is 0.493 e. The van der Waals surface area contributed by atoms with Crippen LogP contribution in [-0.2, 0) is 0 Å². The second-order valence-corrected chi connectivity index (χ2v) is 5.01. The van der Waals surface area contributed by atoms with Crippen molar-refractivity contribution in [2.75, 3.05) is 28.4 Å². The Bertz CT molecular complexity index is 716. The van der Waals surface area contributed by atoms with Crippen LogP contribution in [0.15, 0.2) is 36.4 Å². The second-order valence-electron chi connectivity index (χ2n) is 5.01. The summed E-state index contributed by atoms with van der Waals surface area (Å²) in [5.41, 5.74) is 0.651. The van der Waals surface area contributed by atoms with Gasteiger partial charge in [-0.1, -0.05) is 0 Å². The van der Waals surface area contributed by atoms with Crippen LogP contribution in [0.2, 0.25) is 0 Å². The zero-order valence-corrected chi connectivity index (χ0v) is 14.5. The third kappa shape index (κ3) is 4.09. The molecule has 2 aromatic rings. The van der Waals surface area contributed by atoms with Gasteiger partial charge >= 0.3 is 0 Å². The molecular formula is C19H19O6. The maximum absolute atomic E-state index is 12.3. The molecule has 0 saturated heterocycles. The van der Waals surface area contributed by atoms with Crippen LogP contribution in [-0.4, -0.2) is 40.0 Å². The summed E-state index contributed by atoms with van der Waals surface area (Å²) in [5.74, 6) is 0.984. The molecule has 0 bridgehead atoms. The van der Waals surface area contributed by atoms with E-state index in [4.69, 9.17) is 18.9 Å². The molecule has 0 saturated carbocycles. The van der Waals surface area contributed by atoms with E-state index in [1.807, 2.05) is 0 Å². The van der Waals surface area contributed by atoms with Crippen LogP contribution in [0.3, 0.4) is 0 Å². The minimum absolute atomic E-state index is 0.325. The van der Waals surface area contributed by atoms with Gasteiger partial charge in [-0.3, -0.25) is 9.59 Å². The highest BCUT2D eigenvalue weighted by atomic mass is 16.5. The Hall–Kier alpha value is -3.02. The molecule has 2 rings (SSSR count). The molecule has 0 aromatic heterocycles. The summed E-state index contributed by atoms with van der Waals surface area (Å²) in [6.45, 7) is 0. The van der Waals surface area contributed by atoms with Crippen molar-refractivity contribution in [3.63, 3.8) is 0 Å². The molecular weight excluding hydrogens is 324 g/mol. The third-order valence-electron chi connectivity index (χ3n) is 3.60. The molecule has 131 valence electrons. The first-order valence-corrected chi connectivity index (χ1v) is 7.41. The first-order valence-electron chi connectivity index (χ1n) is 7.41. The number of carbonyl (C=O) groups excluding carboxylic acids is 2. The molecule has 25 heavy (non-hydrogen) atoms. The Labute approximate surface area is 146 Å². The van der Waals surface area contributed by atoms with Crippen molar-refractivity contribution in [1.82, 2.24) is 0 Å². The number of hydrogen-bond acceptors (Lipinski definition) is 6. The highest BCUT2D eigenvalue weighted by Gasteiger charge is 2.18. The summed E-state index contributed by atoms with van der Waals surface area (Å²) in [7, 11) is 5.97. The van der Waals surface area contributed by atoms with Crippen LogP contribution in [0.4, 0.5) is 0 Å². The average Bonchev–Trinajstić information content (AvgIpc) is 2.66. The predicted molar refractivity (Wildman–Crippen MR) is 92.1 cm³/mol. The topological polar surface area (TPSA) is 71.1 Å². The summed E-state index contributed by atoms with van der Waals surface area (Å²) >= 11 is 0. The summed E-state index contributed by atoms with van der Waals surface area (Å²) in [6, 6.07) is 9.42. The van der Waals surface area contributed by atoms with Crippen molar-refractivity contribution in [2.45, 2.75) is 0 Å². The molecule has 1 radical (unpaired) electrons. The summed E-state index contributed by atoms with van der Waals surface area (Å²) < 4.78 is 20.6. The molecule has 0 unspecified atom stereocenters. The van der Waals surface area contributed by atoms with Gasteiger partial charge in [-0.05, 0) is 36.4 Å². The minimum atomic E-state index is -0.430. The van der Waals surface area contributed by atoms with Crippen LogP contribution >= 0.6 is 0 Å². The van der Waals surface area contributed by atoms with Crippen molar-refractivity contribution in [1.29, 1.82) is 0 Å². The van der Waals surface area contributed by atoms with Gasteiger partial charge in [-0.25, -0.2) is 0 Å². The Morgan fingerprint density at radius 2 is 1.00 bits per heavy atom. The van der Waals surface area contributed by atoms with Crippen LogP contribution in [0.5, 0.6) is 23.0 Å². The molecule has 0 aliphatic rings. The van der Waals surface area contributed by atoms with E-state index in [0.717, 1.165) is 6.42 Å². The zero-order valence-electron chi connectivity index (χ0n) is 14.5. The zero-order chi connectivity index (χ0) is 18.4. The first kappa shape index (κ1) is 18.3. The number of benzene rings is 2. The number of carbonyl (C=O) groups is 2. The van der Waals surface area contributed by atoms with Crippen LogP contribution in [0.25, 0.3) is 0 Å². The lowest BCUT2D eigenvalue weighted by Gasteiger charge is -2.10. The first-order chi connectivity index (χ1) is 12.0. The minimum Gasteiger partial charge on any atom is -0.493 e. The van der Waals surface area contributed by atoms with Crippen molar-refractivity contribution in [2.24, 2.45) is 0 Å². The third-order valence-corrected chi connectivity index (χ3v) is 3.60. The van der Waals surface area contributed by atoms with Gasteiger partial charge in [0.2, 0.25) is 0 Å². The predicted octanol–water partition coefficient (Wildman–Crippen LogP) is 2.99. The molecule has 0 atom stereocenters. The Morgan fingerprint density at radius 1 is 0.640 bits per heavy atom. The lowest BCUT2D eigenvalue weighted by Crippen LogP contribution is -2.10. The maximum Gasteiger partial charge on any atom is 0.175 e. The highest BCUT2D eigenvalue weighted by molar-refractivity contribution is 6.23. The van der Waals surface area contributed by atoms with Gasteiger partial charge in [0.05, 0.1) is 28.4 Å². The molecule has 0 aliphatic heterocycles. The molecule has 0 aliphatic carbocycles. The lowest BCUT2D eigenvalue weighted by molar-refractivity contribution is 0.0956. The van der Waals surface area contributed by atoms with Crippen molar-refractivity contribution in [3.05, 3.63) is 53.9 Å². The number of methoxy groups -OCH3 is 4. The van der Waals surface area contributed by atoms with Crippen molar-refractivity contribution in [3.8, 4) is 23.0 Å². The lowest BCUT2D eigenvalue weighted by atomic mass is 10.0. The Morgan fingerprint density at radius 3 is 1.32 bits per heavy atom. The number of hydrogen-bond donors (Lipinski definition) is 0. The van der Waals surface area contributed by atoms with Gasteiger partial charge in [0, 0.05) is 11.1 Å². The van der Waals surface area contributed by atoms with E-state index in [2.05, 4.69) is 0 Å². The normalized spacial score (nSPS) is 10.1. The molecule has 0 amide bonds. The van der Waals surface area contributed by atoms with E-state index in [9.17, 15) is 9.59 Å². The number of ether oxygens (including phenoxy) is 4. The van der Waals surface area contributed by atoms with Gasteiger partial charge in [-0.2, -0.15) is 0 Å². The van der Waals surface area contributed by atoms with E-state index in [1.165, 1.54) is 40.6 Å². The van der Waals surface area contributed by atoms with Crippen LogP contribution in [0.1, 0.15) is 20.7 Å². The van der Waals surface area contributed by atoms with Gasteiger partial charge in [0.15, 0.2) is 34.6 Å². The Kier molecular flexibility index (Phi) is 6.00. The number of rotatable bonds is 8. The Balaban J connectivity index is 2.19. The standard InChI is InChI=1S/C19H19O6/c1-22-16-7-5-12(9-18(16)24-3)14(20)11-15(21)13-6-8-17(23-2)19(10-13)25-4/h5-11H,1-4H3. The summed E-state index contributed by atoms with van der Waals surface area (Å²) in [5, 5.41) is 0. The number of ketones is 2. The van der Waals surface area contributed by atoms with Crippen LogP contribution in [0, 0.1) is 6.42 Å². The van der Waals surface area contributed by atoms with E-state index < -0.39 is 11.6 Å². The van der Waals surface area contributed by atoms with Crippen molar-refractivity contribution < 1.29 is 28.5 Å². The van der Waals surface area contributed by atoms with Crippen molar-refractivity contribution >= 4 is 11.6 Å². The smallest absolute Gasteiger partial charge is 0.175 e. The molecule has 2 aromatic carbocycles. The maximum atomic E-state index is 12.3. The molecule has 6 heteroatoms. The van der Waals surface area contributed by atoms with Gasteiger partial charge < -0.3 is 18.9 Å². The monoisotopic (exact) mass is 343 g/mol. The van der Waals surface area contributed by atoms with E-state index in [0.29, 0.717) is 34.1 Å². The molecule has 0 N–H and O–H groups in total. The molecule has 0 heterocycles. The van der Waals surface area contributed by atoms with E-state index in [1.54, 1.807) is 24.3 Å². The second kappa shape index (κ2) is 8.19. The molecule has 0 fully saturated rings. The van der Waals surface area contributed by atoms with Gasteiger partial charge in [0.1, 0.15) is 6.42 Å². The fourth-order valence-electron chi connectivity index (χ4n) is 2.26. The fraction of sp³-hybridized carbons (Fsp3) is 0.211. The molecule has 6 nitrogen and oxygen atoms in total. The van der Waals surface area contributed by atoms with Gasteiger partial charge in [0.25, 0.3) is 0 Å². The molecule has 0 spiro atoms. The quantitative estimate of drug-likeness (QED) is 0.542. The van der Waals surface area contributed by atoms with Crippen LogP contribution < -0.4 is 18.9 Å².